The van der Waals surface area contributed by atoms with Crippen LogP contribution in [0.2, 0.25) is 0 Å². The minimum atomic E-state index is -0.185. The normalized spacial score (nSPS) is 14.4. The Labute approximate surface area is 104 Å². The summed E-state index contributed by atoms with van der Waals surface area (Å²) < 4.78 is 0. The summed E-state index contributed by atoms with van der Waals surface area (Å²) in [6, 6.07) is 10.5. The molecule has 0 saturated heterocycles. The van der Waals surface area contributed by atoms with Gasteiger partial charge in [-0.25, -0.2) is 0 Å². The van der Waals surface area contributed by atoms with Crippen molar-refractivity contribution < 1.29 is 0 Å². The Morgan fingerprint density at radius 2 is 1.82 bits per heavy atom. The lowest BCUT2D eigenvalue weighted by atomic mass is 9.86. The van der Waals surface area contributed by atoms with Gasteiger partial charge in [-0.15, -0.1) is 0 Å². The Hall–Kier alpha value is -1.33. The van der Waals surface area contributed by atoms with E-state index in [-0.39, 0.29) is 17.9 Å². The number of rotatable bonds is 5. The number of nitrogens with two attached hydrogens (primary N) is 1. The molecule has 1 aromatic rings. The van der Waals surface area contributed by atoms with Gasteiger partial charge in [-0.05, 0) is 23.5 Å². The van der Waals surface area contributed by atoms with Crippen molar-refractivity contribution in [2.75, 3.05) is 0 Å². The van der Waals surface area contributed by atoms with Crippen LogP contribution in [0.1, 0.15) is 44.4 Å². The smallest absolute Gasteiger partial charge is 0.0679 e. The number of hydrogen-bond acceptors (Lipinski definition) is 2. The first-order chi connectivity index (χ1) is 8.10. The van der Waals surface area contributed by atoms with Crippen molar-refractivity contribution in [3.63, 3.8) is 0 Å². The predicted molar refractivity (Wildman–Crippen MR) is 71.3 cm³/mol. The minimum Gasteiger partial charge on any atom is -0.323 e. The standard InChI is InChI=1S/C15H22N2/c1-4-5-12-6-8-13(9-7-12)15(17)14(10-16)11(2)3/h6-9,11,14-15H,4-5,17H2,1-3H3. The number of nitrogens with zero attached hydrogens (tertiary/aromatic N) is 1. The number of hydrogen-bond donors (Lipinski definition) is 1. The molecule has 0 amide bonds. The number of nitriles is 1. The van der Waals surface area contributed by atoms with E-state index in [2.05, 4.69) is 37.3 Å². The highest BCUT2D eigenvalue weighted by Gasteiger charge is 2.22. The second-order valence-corrected chi connectivity index (χ2v) is 4.92. The molecule has 2 unspecified atom stereocenters. The molecule has 1 rings (SSSR count). The molecule has 2 atom stereocenters. The van der Waals surface area contributed by atoms with E-state index in [0.29, 0.717) is 0 Å². The van der Waals surface area contributed by atoms with Crippen LogP contribution in [0.3, 0.4) is 0 Å². The molecule has 2 nitrogen and oxygen atoms in total. The van der Waals surface area contributed by atoms with Crippen LogP contribution >= 0.6 is 0 Å². The first-order valence-corrected chi connectivity index (χ1v) is 6.34. The molecule has 0 heterocycles. The lowest BCUT2D eigenvalue weighted by Gasteiger charge is -2.21. The quantitative estimate of drug-likeness (QED) is 0.842. The first kappa shape index (κ1) is 13.7. The Morgan fingerprint density at radius 1 is 1.24 bits per heavy atom. The van der Waals surface area contributed by atoms with Crippen molar-refractivity contribution in [1.29, 1.82) is 5.26 Å². The van der Waals surface area contributed by atoms with Gasteiger partial charge >= 0.3 is 0 Å². The zero-order chi connectivity index (χ0) is 12.8. The van der Waals surface area contributed by atoms with Gasteiger partial charge in [0.25, 0.3) is 0 Å². The molecule has 2 N–H and O–H groups in total. The SMILES string of the molecule is CCCc1ccc(C(N)C(C#N)C(C)C)cc1. The van der Waals surface area contributed by atoms with E-state index in [1.165, 1.54) is 5.56 Å². The lowest BCUT2D eigenvalue weighted by Crippen LogP contribution is -2.24. The van der Waals surface area contributed by atoms with E-state index >= 15 is 0 Å². The maximum absolute atomic E-state index is 9.14. The van der Waals surface area contributed by atoms with E-state index in [9.17, 15) is 0 Å². The number of benzene rings is 1. The Bertz CT molecular complexity index is 373. The van der Waals surface area contributed by atoms with Gasteiger partial charge in [-0.1, -0.05) is 51.5 Å². The van der Waals surface area contributed by atoms with Crippen LogP contribution < -0.4 is 5.73 Å². The lowest BCUT2D eigenvalue weighted by molar-refractivity contribution is 0.403. The molecule has 0 radical (unpaired) electrons. The highest BCUT2D eigenvalue weighted by molar-refractivity contribution is 5.26. The minimum absolute atomic E-state index is 0.118. The maximum Gasteiger partial charge on any atom is 0.0679 e. The molecule has 0 fully saturated rings. The van der Waals surface area contributed by atoms with Gasteiger partial charge in [-0.3, -0.25) is 0 Å². The molecular formula is C15H22N2. The zero-order valence-electron chi connectivity index (χ0n) is 11.0. The molecule has 17 heavy (non-hydrogen) atoms. The van der Waals surface area contributed by atoms with Gasteiger partial charge in [0.1, 0.15) is 0 Å². The van der Waals surface area contributed by atoms with Crippen molar-refractivity contribution in [3.8, 4) is 6.07 Å². The average Bonchev–Trinajstić information content (AvgIpc) is 2.30. The molecule has 0 spiro atoms. The van der Waals surface area contributed by atoms with Gasteiger partial charge in [0.15, 0.2) is 0 Å². The number of aryl methyl sites for hydroxylation is 1. The van der Waals surface area contributed by atoms with E-state index in [1.54, 1.807) is 0 Å². The summed E-state index contributed by atoms with van der Waals surface area (Å²) in [5, 5.41) is 9.14. The molecule has 0 bridgehead atoms. The summed E-state index contributed by atoms with van der Waals surface area (Å²) in [7, 11) is 0. The third-order valence-corrected chi connectivity index (χ3v) is 3.16. The van der Waals surface area contributed by atoms with Crippen LogP contribution in [0.25, 0.3) is 0 Å². The first-order valence-electron chi connectivity index (χ1n) is 6.34. The van der Waals surface area contributed by atoms with Crippen LogP contribution in [0.15, 0.2) is 24.3 Å². The topological polar surface area (TPSA) is 49.8 Å². The van der Waals surface area contributed by atoms with E-state index in [1.807, 2.05) is 13.8 Å². The molecule has 0 saturated carbocycles. The molecule has 0 aliphatic heterocycles. The van der Waals surface area contributed by atoms with Gasteiger partial charge in [0.05, 0.1) is 12.0 Å². The molecule has 1 aromatic carbocycles. The fourth-order valence-corrected chi connectivity index (χ4v) is 2.05. The third-order valence-electron chi connectivity index (χ3n) is 3.16. The van der Waals surface area contributed by atoms with Gasteiger partial charge in [0, 0.05) is 6.04 Å². The van der Waals surface area contributed by atoms with Gasteiger partial charge < -0.3 is 5.73 Å². The predicted octanol–water partition coefficient (Wildman–Crippen LogP) is 3.43. The summed E-state index contributed by atoms with van der Waals surface area (Å²) in [6.45, 7) is 6.25. The molecule has 2 heteroatoms. The summed E-state index contributed by atoms with van der Waals surface area (Å²) >= 11 is 0. The molecule has 0 aliphatic carbocycles. The largest absolute Gasteiger partial charge is 0.323 e. The van der Waals surface area contributed by atoms with E-state index in [0.717, 1.165) is 18.4 Å². The molecule has 92 valence electrons. The van der Waals surface area contributed by atoms with Crippen molar-refractivity contribution in [2.24, 2.45) is 17.6 Å². The van der Waals surface area contributed by atoms with Gasteiger partial charge in [0.2, 0.25) is 0 Å². The second-order valence-electron chi connectivity index (χ2n) is 4.92. The van der Waals surface area contributed by atoms with Crippen molar-refractivity contribution in [2.45, 2.75) is 39.7 Å². The molecular weight excluding hydrogens is 208 g/mol. The summed E-state index contributed by atoms with van der Waals surface area (Å²) in [5.74, 6) is 0.164. The monoisotopic (exact) mass is 230 g/mol. The highest BCUT2D eigenvalue weighted by atomic mass is 14.7. The van der Waals surface area contributed by atoms with Crippen molar-refractivity contribution in [1.82, 2.24) is 0 Å². The highest BCUT2D eigenvalue weighted by Crippen LogP contribution is 2.25. The second kappa shape index (κ2) is 6.42. The Kier molecular flexibility index (Phi) is 5.18. The zero-order valence-corrected chi connectivity index (χ0v) is 11.0. The van der Waals surface area contributed by atoms with E-state index < -0.39 is 0 Å². The van der Waals surface area contributed by atoms with E-state index in [4.69, 9.17) is 11.0 Å². The van der Waals surface area contributed by atoms with Crippen molar-refractivity contribution in [3.05, 3.63) is 35.4 Å². The summed E-state index contributed by atoms with van der Waals surface area (Å²) in [5.41, 5.74) is 8.55. The Balaban J connectivity index is 2.82. The van der Waals surface area contributed by atoms with Crippen LogP contribution in [-0.2, 0) is 6.42 Å². The third kappa shape index (κ3) is 3.57. The average molecular weight is 230 g/mol. The summed E-state index contributed by atoms with van der Waals surface area (Å²) in [4.78, 5) is 0. The fraction of sp³-hybridized carbons (Fsp3) is 0.533. The van der Waals surface area contributed by atoms with Crippen LogP contribution in [-0.4, -0.2) is 0 Å². The van der Waals surface area contributed by atoms with Crippen LogP contribution in [0.5, 0.6) is 0 Å². The molecule has 0 aliphatic rings. The van der Waals surface area contributed by atoms with Gasteiger partial charge in [-0.2, -0.15) is 5.26 Å². The molecule has 0 aromatic heterocycles. The van der Waals surface area contributed by atoms with Crippen LogP contribution in [0, 0.1) is 23.2 Å². The van der Waals surface area contributed by atoms with Crippen LogP contribution in [0.4, 0.5) is 0 Å². The fourth-order valence-electron chi connectivity index (χ4n) is 2.05. The summed E-state index contributed by atoms with van der Waals surface area (Å²) in [6.07, 6.45) is 2.25. The maximum atomic E-state index is 9.14. The van der Waals surface area contributed by atoms with Crippen molar-refractivity contribution >= 4 is 0 Å². The Morgan fingerprint density at radius 3 is 2.24 bits per heavy atom.